The zero-order valence-corrected chi connectivity index (χ0v) is 11.6. The molecule has 0 bridgehead atoms. The number of nitrogens with one attached hydrogen (secondary N) is 1. The summed E-state index contributed by atoms with van der Waals surface area (Å²) in [5.41, 5.74) is -0.621. The fourth-order valence-corrected chi connectivity index (χ4v) is 1.89. The standard InChI is InChI=1S/C11H21NO4S/c1-5-6-17-7-8(9(13)14)12-10(15)16-11(2,3)4/h8H,5-7H2,1-4H3,(H,12,15)(H,13,14)/t8-/m0/s1. The lowest BCUT2D eigenvalue weighted by atomic mass is 10.2. The minimum atomic E-state index is -1.04. The number of hydrogen-bond acceptors (Lipinski definition) is 4. The summed E-state index contributed by atoms with van der Waals surface area (Å²) < 4.78 is 5.00. The van der Waals surface area contributed by atoms with Gasteiger partial charge in [0.2, 0.25) is 0 Å². The second-order valence-electron chi connectivity index (χ2n) is 4.61. The van der Waals surface area contributed by atoms with Crippen molar-refractivity contribution in [2.75, 3.05) is 11.5 Å². The highest BCUT2D eigenvalue weighted by Gasteiger charge is 2.23. The molecule has 6 heteroatoms. The Labute approximate surface area is 106 Å². The summed E-state index contributed by atoms with van der Waals surface area (Å²) >= 11 is 1.50. The van der Waals surface area contributed by atoms with Crippen LogP contribution in [-0.4, -0.2) is 40.3 Å². The average molecular weight is 263 g/mol. The second-order valence-corrected chi connectivity index (χ2v) is 5.76. The maximum atomic E-state index is 11.4. The topological polar surface area (TPSA) is 75.6 Å². The summed E-state index contributed by atoms with van der Waals surface area (Å²) in [5.74, 6) is 0.182. The molecular weight excluding hydrogens is 242 g/mol. The van der Waals surface area contributed by atoms with Gasteiger partial charge in [-0.1, -0.05) is 6.92 Å². The van der Waals surface area contributed by atoms with E-state index in [-0.39, 0.29) is 0 Å². The van der Waals surface area contributed by atoms with Crippen molar-refractivity contribution in [3.05, 3.63) is 0 Å². The number of alkyl carbamates (subject to hydrolysis) is 1. The maximum Gasteiger partial charge on any atom is 0.408 e. The third kappa shape index (κ3) is 8.85. The van der Waals surface area contributed by atoms with Gasteiger partial charge in [0.05, 0.1) is 0 Å². The summed E-state index contributed by atoms with van der Waals surface area (Å²) in [5, 5.41) is 11.3. The van der Waals surface area contributed by atoms with Gasteiger partial charge in [0.25, 0.3) is 0 Å². The molecule has 1 atom stereocenters. The Balaban J connectivity index is 4.16. The molecule has 0 aliphatic heterocycles. The van der Waals surface area contributed by atoms with Gasteiger partial charge < -0.3 is 15.2 Å². The van der Waals surface area contributed by atoms with Crippen LogP contribution in [0.5, 0.6) is 0 Å². The maximum absolute atomic E-state index is 11.4. The number of carbonyl (C=O) groups is 2. The van der Waals surface area contributed by atoms with Crippen LogP contribution in [0.25, 0.3) is 0 Å². The SMILES string of the molecule is CCCSC[C@H](NC(=O)OC(C)(C)C)C(=O)O. The molecular formula is C11H21NO4S. The smallest absolute Gasteiger partial charge is 0.408 e. The highest BCUT2D eigenvalue weighted by atomic mass is 32.2. The molecule has 0 aromatic rings. The molecule has 0 radical (unpaired) electrons. The predicted octanol–water partition coefficient (Wildman–Crippen LogP) is 2.11. The first-order valence-corrected chi connectivity index (χ1v) is 6.71. The molecule has 17 heavy (non-hydrogen) atoms. The van der Waals surface area contributed by atoms with Crippen LogP contribution in [0, 0.1) is 0 Å². The van der Waals surface area contributed by atoms with Gasteiger partial charge in [0.15, 0.2) is 0 Å². The van der Waals surface area contributed by atoms with Crippen molar-refractivity contribution in [3.63, 3.8) is 0 Å². The van der Waals surface area contributed by atoms with Crippen LogP contribution in [0.1, 0.15) is 34.1 Å². The van der Waals surface area contributed by atoms with E-state index in [4.69, 9.17) is 9.84 Å². The van der Waals surface area contributed by atoms with E-state index in [9.17, 15) is 9.59 Å². The number of ether oxygens (including phenoxy) is 1. The van der Waals surface area contributed by atoms with Crippen molar-refractivity contribution >= 4 is 23.8 Å². The molecule has 5 nitrogen and oxygen atoms in total. The number of rotatable bonds is 6. The van der Waals surface area contributed by atoms with Crippen molar-refractivity contribution in [2.45, 2.75) is 45.8 Å². The van der Waals surface area contributed by atoms with Crippen LogP contribution in [-0.2, 0) is 9.53 Å². The van der Waals surface area contributed by atoms with Gasteiger partial charge in [-0.3, -0.25) is 0 Å². The molecule has 0 saturated heterocycles. The molecule has 0 aromatic carbocycles. The van der Waals surface area contributed by atoms with Crippen molar-refractivity contribution in [2.24, 2.45) is 0 Å². The van der Waals surface area contributed by atoms with Crippen LogP contribution in [0.3, 0.4) is 0 Å². The van der Waals surface area contributed by atoms with E-state index in [1.165, 1.54) is 11.8 Å². The molecule has 0 aromatic heterocycles. The normalized spacial score (nSPS) is 12.9. The average Bonchev–Trinajstić information content (AvgIpc) is 2.13. The third-order valence-electron chi connectivity index (χ3n) is 1.62. The Morgan fingerprint density at radius 2 is 2.00 bits per heavy atom. The molecule has 0 fully saturated rings. The van der Waals surface area contributed by atoms with Crippen molar-refractivity contribution in [1.29, 1.82) is 0 Å². The van der Waals surface area contributed by atoms with Gasteiger partial charge in [0.1, 0.15) is 11.6 Å². The summed E-state index contributed by atoms with van der Waals surface area (Å²) in [6.45, 7) is 7.21. The molecule has 0 aliphatic carbocycles. The number of thioether (sulfide) groups is 1. The number of carboxylic acid groups (broad SMARTS) is 1. The molecule has 0 saturated carbocycles. The van der Waals surface area contributed by atoms with Crippen molar-refractivity contribution < 1.29 is 19.4 Å². The number of carboxylic acids is 1. The zero-order chi connectivity index (χ0) is 13.5. The fraction of sp³-hybridized carbons (Fsp3) is 0.818. The molecule has 0 aliphatic rings. The molecule has 1 amide bonds. The predicted molar refractivity (Wildman–Crippen MR) is 68.4 cm³/mol. The highest BCUT2D eigenvalue weighted by Crippen LogP contribution is 2.09. The van der Waals surface area contributed by atoms with Gasteiger partial charge in [-0.2, -0.15) is 11.8 Å². The van der Waals surface area contributed by atoms with Gasteiger partial charge in [-0.25, -0.2) is 9.59 Å². The molecule has 2 N–H and O–H groups in total. The molecule has 0 rings (SSSR count). The minimum absolute atomic E-state index is 0.350. The minimum Gasteiger partial charge on any atom is -0.480 e. The Kier molecular flexibility index (Phi) is 7.03. The van der Waals surface area contributed by atoms with E-state index < -0.39 is 23.7 Å². The van der Waals surface area contributed by atoms with Crippen LogP contribution >= 0.6 is 11.8 Å². The first-order chi connectivity index (χ1) is 7.76. The molecule has 0 unspecified atom stereocenters. The van der Waals surface area contributed by atoms with E-state index in [1.54, 1.807) is 20.8 Å². The monoisotopic (exact) mass is 263 g/mol. The lowest BCUT2D eigenvalue weighted by molar-refractivity contribution is -0.138. The lowest BCUT2D eigenvalue weighted by Gasteiger charge is -2.21. The van der Waals surface area contributed by atoms with E-state index in [2.05, 4.69) is 5.32 Å². The van der Waals surface area contributed by atoms with Crippen molar-refractivity contribution in [1.82, 2.24) is 5.32 Å². The summed E-state index contributed by atoms with van der Waals surface area (Å²) in [6.07, 6.45) is 0.283. The Morgan fingerprint density at radius 3 is 2.41 bits per heavy atom. The Morgan fingerprint density at radius 1 is 1.41 bits per heavy atom. The summed E-state index contributed by atoms with van der Waals surface area (Å²) in [6, 6.07) is -0.901. The first kappa shape index (κ1) is 16.1. The van der Waals surface area contributed by atoms with E-state index in [1.807, 2.05) is 6.92 Å². The van der Waals surface area contributed by atoms with E-state index in [0.29, 0.717) is 5.75 Å². The van der Waals surface area contributed by atoms with Crippen LogP contribution < -0.4 is 5.32 Å². The fourth-order valence-electron chi connectivity index (χ4n) is 0.970. The number of amides is 1. The van der Waals surface area contributed by atoms with Gasteiger partial charge in [-0.15, -0.1) is 0 Å². The van der Waals surface area contributed by atoms with E-state index in [0.717, 1.165) is 12.2 Å². The quantitative estimate of drug-likeness (QED) is 0.718. The summed E-state index contributed by atoms with van der Waals surface area (Å²) in [4.78, 5) is 22.3. The van der Waals surface area contributed by atoms with Crippen LogP contribution in [0.15, 0.2) is 0 Å². The first-order valence-electron chi connectivity index (χ1n) is 5.56. The number of carbonyl (C=O) groups excluding carboxylic acids is 1. The van der Waals surface area contributed by atoms with Crippen LogP contribution in [0.2, 0.25) is 0 Å². The van der Waals surface area contributed by atoms with Gasteiger partial charge in [-0.05, 0) is 32.9 Å². The van der Waals surface area contributed by atoms with Gasteiger partial charge in [0, 0.05) is 5.75 Å². The summed E-state index contributed by atoms with van der Waals surface area (Å²) in [7, 11) is 0. The molecule has 0 heterocycles. The van der Waals surface area contributed by atoms with Crippen molar-refractivity contribution in [3.8, 4) is 0 Å². The second kappa shape index (κ2) is 7.42. The molecule has 0 spiro atoms. The Bertz CT molecular complexity index is 263. The molecule has 100 valence electrons. The zero-order valence-electron chi connectivity index (χ0n) is 10.8. The van der Waals surface area contributed by atoms with Gasteiger partial charge >= 0.3 is 12.1 Å². The number of aliphatic carboxylic acids is 1. The third-order valence-corrected chi connectivity index (χ3v) is 2.89. The Hall–Kier alpha value is -0.910. The largest absolute Gasteiger partial charge is 0.480 e. The highest BCUT2D eigenvalue weighted by molar-refractivity contribution is 7.99. The van der Waals surface area contributed by atoms with E-state index >= 15 is 0 Å². The lowest BCUT2D eigenvalue weighted by Crippen LogP contribution is -2.45. The number of hydrogen-bond donors (Lipinski definition) is 2. The van der Waals surface area contributed by atoms with Crippen LogP contribution in [0.4, 0.5) is 4.79 Å².